The van der Waals surface area contributed by atoms with Gasteiger partial charge in [-0.05, 0) is 42.8 Å². The van der Waals surface area contributed by atoms with E-state index in [9.17, 15) is 25.9 Å². The van der Waals surface area contributed by atoms with E-state index in [-0.39, 0.29) is 16.7 Å². The lowest BCUT2D eigenvalue weighted by molar-refractivity contribution is -0.668. The van der Waals surface area contributed by atoms with Crippen molar-refractivity contribution in [1.82, 2.24) is 4.48 Å². The van der Waals surface area contributed by atoms with Crippen molar-refractivity contribution in [3.8, 4) is 5.75 Å². The summed E-state index contributed by atoms with van der Waals surface area (Å²) in [5, 5.41) is 0.607. The Labute approximate surface area is 224 Å². The highest BCUT2D eigenvalue weighted by atomic mass is 32.2. The Bertz CT molecular complexity index is 1660. The standard InChI is InChI=1S/C24H26N2O7S4/c1-15-5-6-20-18(11-15)26(9-7-24(26)37(30,31)32)23(35-20)14-22-25(8-4-10-36(27,28)29)17-12-16(2)19(33-3)13-21(17)34-22/h5-6,11-14,24H,4,7-10H2,1-3H3/p+2. The van der Waals surface area contributed by atoms with Gasteiger partial charge in [-0.25, -0.2) is 4.48 Å². The summed E-state index contributed by atoms with van der Waals surface area (Å²) >= 11 is 2.98. The average Bonchev–Trinajstić information content (AvgIpc) is 3.26. The van der Waals surface area contributed by atoms with E-state index in [1.165, 1.54) is 23.1 Å². The fraction of sp³-hybridized carbons (Fsp3) is 0.375. The number of rotatable bonds is 7. The highest BCUT2D eigenvalue weighted by molar-refractivity contribution is 8.03. The van der Waals surface area contributed by atoms with Crippen molar-refractivity contribution >= 4 is 65.3 Å². The van der Waals surface area contributed by atoms with Crippen LogP contribution in [0.3, 0.4) is 0 Å². The average molecular weight is 585 g/mol. The molecular formula is C24H28N2O7S4+2. The van der Waals surface area contributed by atoms with E-state index >= 15 is 0 Å². The Morgan fingerprint density at radius 1 is 1.16 bits per heavy atom. The molecule has 0 radical (unpaired) electrons. The van der Waals surface area contributed by atoms with Crippen LogP contribution < -0.4 is 13.8 Å². The van der Waals surface area contributed by atoms with Gasteiger partial charge in [0.2, 0.25) is 10.9 Å². The third-order valence-electron chi connectivity index (χ3n) is 7.00. The summed E-state index contributed by atoms with van der Waals surface area (Å²) in [5.41, 5.74) is 3.68. The molecule has 0 bridgehead atoms. The highest BCUT2D eigenvalue weighted by Crippen LogP contribution is 2.58. The third-order valence-corrected chi connectivity index (χ3v) is 11.4. The summed E-state index contributed by atoms with van der Waals surface area (Å²) in [4.78, 5) is 0.946. The topological polar surface area (TPSA) is 122 Å². The molecule has 37 heavy (non-hydrogen) atoms. The minimum absolute atomic E-state index is 0.0438. The van der Waals surface area contributed by atoms with Gasteiger partial charge in [0.05, 0.1) is 36.8 Å². The molecular weight excluding hydrogens is 557 g/mol. The maximum absolute atomic E-state index is 12.4. The van der Waals surface area contributed by atoms with Crippen molar-refractivity contribution in [3.63, 3.8) is 0 Å². The van der Waals surface area contributed by atoms with Crippen LogP contribution >= 0.6 is 23.1 Å². The van der Waals surface area contributed by atoms with Crippen LogP contribution in [0.25, 0.3) is 16.3 Å². The molecule has 5 rings (SSSR count). The summed E-state index contributed by atoms with van der Waals surface area (Å²) in [7, 11) is -6.82. The predicted octanol–water partition coefficient (Wildman–Crippen LogP) is 4.12. The number of aryl methyl sites for hydroxylation is 3. The Hall–Kier alpha value is -2.00. The first-order valence-electron chi connectivity index (χ1n) is 11.6. The molecule has 3 heterocycles. The molecule has 2 aliphatic heterocycles. The van der Waals surface area contributed by atoms with E-state index in [2.05, 4.69) is 0 Å². The van der Waals surface area contributed by atoms with Crippen LogP contribution in [0.2, 0.25) is 0 Å². The molecule has 2 N–H and O–H groups in total. The zero-order valence-electron chi connectivity index (χ0n) is 20.5. The van der Waals surface area contributed by atoms with Gasteiger partial charge >= 0.3 is 10.1 Å². The number of aromatic nitrogens is 1. The van der Waals surface area contributed by atoms with Crippen LogP contribution in [-0.2, 0) is 26.8 Å². The molecule has 1 aromatic heterocycles. The number of hydrogen-bond donors (Lipinski definition) is 2. The quantitative estimate of drug-likeness (QED) is 0.242. The Morgan fingerprint density at radius 2 is 1.92 bits per heavy atom. The highest BCUT2D eigenvalue weighted by Gasteiger charge is 2.62. The van der Waals surface area contributed by atoms with Crippen LogP contribution in [0.5, 0.6) is 5.75 Å². The summed E-state index contributed by atoms with van der Waals surface area (Å²) in [6.07, 6.45) is 2.51. The van der Waals surface area contributed by atoms with Crippen molar-refractivity contribution in [2.24, 2.45) is 0 Å². The second-order valence-electron chi connectivity index (χ2n) is 9.43. The first-order chi connectivity index (χ1) is 17.3. The molecule has 3 aromatic rings. The van der Waals surface area contributed by atoms with E-state index in [1.807, 2.05) is 54.8 Å². The summed E-state index contributed by atoms with van der Waals surface area (Å²) < 4.78 is 75.4. The predicted molar refractivity (Wildman–Crippen MR) is 146 cm³/mol. The van der Waals surface area contributed by atoms with Crippen LogP contribution in [0, 0.1) is 13.8 Å². The van der Waals surface area contributed by atoms with E-state index in [0.29, 0.717) is 19.5 Å². The maximum Gasteiger partial charge on any atom is 0.320 e. The largest absolute Gasteiger partial charge is 0.496 e. The summed E-state index contributed by atoms with van der Waals surface area (Å²) in [6, 6.07) is 9.87. The maximum atomic E-state index is 12.4. The second-order valence-corrected chi connectivity index (χ2v) is 14.7. The zero-order valence-corrected chi connectivity index (χ0v) is 23.8. The SMILES string of the molecule is COc1cc2sc(C=C3Sc4ccc(C)cc4[N+]34CCC4S(=O)(=O)O)[n+](CCCS(=O)(=O)O)c2cc1C. The van der Waals surface area contributed by atoms with Gasteiger partial charge in [-0.1, -0.05) is 17.4 Å². The summed E-state index contributed by atoms with van der Waals surface area (Å²) in [5.74, 6) is 0.362. The monoisotopic (exact) mass is 584 g/mol. The van der Waals surface area contributed by atoms with Crippen molar-refractivity contribution < 1.29 is 35.2 Å². The Morgan fingerprint density at radius 3 is 2.54 bits per heavy atom. The number of thioether (sulfide) groups is 1. The third kappa shape index (κ3) is 4.71. The minimum atomic E-state index is -4.31. The number of thiazole rings is 1. The van der Waals surface area contributed by atoms with Crippen LogP contribution in [0.4, 0.5) is 5.69 Å². The minimum Gasteiger partial charge on any atom is -0.496 e. The zero-order chi connectivity index (χ0) is 26.8. The van der Waals surface area contributed by atoms with Crippen molar-refractivity contribution in [1.29, 1.82) is 0 Å². The molecule has 2 aromatic carbocycles. The number of hydrogen-bond acceptors (Lipinski definition) is 7. The second kappa shape index (κ2) is 9.33. The normalized spacial score (nSPS) is 22.5. The van der Waals surface area contributed by atoms with Gasteiger partial charge in [-0.3, -0.25) is 9.11 Å². The number of methoxy groups -OCH3 is 1. The summed E-state index contributed by atoms with van der Waals surface area (Å²) in [6.45, 7) is 4.76. The lowest BCUT2D eigenvalue weighted by atomic mass is 10.1. The van der Waals surface area contributed by atoms with Gasteiger partial charge in [0.1, 0.15) is 10.4 Å². The fourth-order valence-electron chi connectivity index (χ4n) is 5.18. The number of benzene rings is 2. The number of ether oxygens (including phenoxy) is 1. The van der Waals surface area contributed by atoms with Gasteiger partial charge in [0.25, 0.3) is 15.1 Å². The Kier molecular flexibility index (Phi) is 6.71. The molecule has 13 heteroatoms. The van der Waals surface area contributed by atoms with Crippen molar-refractivity contribution in [2.75, 3.05) is 19.4 Å². The van der Waals surface area contributed by atoms with E-state index in [1.54, 1.807) is 7.11 Å². The molecule has 1 saturated heterocycles. The molecule has 0 aliphatic carbocycles. The molecule has 9 nitrogen and oxygen atoms in total. The number of quaternary nitrogens is 1. The van der Waals surface area contributed by atoms with Gasteiger partial charge in [0, 0.05) is 24.6 Å². The first-order valence-corrected chi connectivity index (χ1v) is 16.4. The van der Waals surface area contributed by atoms with E-state index in [4.69, 9.17) is 4.74 Å². The molecule has 0 saturated carbocycles. The Balaban J connectivity index is 1.68. The molecule has 1 fully saturated rings. The van der Waals surface area contributed by atoms with Crippen LogP contribution in [0.1, 0.15) is 29.0 Å². The van der Waals surface area contributed by atoms with Crippen LogP contribution in [0.15, 0.2) is 40.3 Å². The van der Waals surface area contributed by atoms with Crippen molar-refractivity contribution in [2.45, 2.75) is 43.5 Å². The van der Waals surface area contributed by atoms with E-state index in [0.717, 1.165) is 47.7 Å². The van der Waals surface area contributed by atoms with E-state index < -0.39 is 25.6 Å². The molecule has 2 unspecified atom stereocenters. The molecule has 2 atom stereocenters. The van der Waals surface area contributed by atoms with Gasteiger partial charge in [-0.15, -0.1) is 0 Å². The lowest BCUT2D eigenvalue weighted by Crippen LogP contribution is -2.66. The molecule has 2 aliphatic rings. The van der Waals surface area contributed by atoms with Gasteiger partial charge in [-0.2, -0.15) is 21.4 Å². The van der Waals surface area contributed by atoms with Crippen molar-refractivity contribution in [3.05, 3.63) is 51.5 Å². The molecule has 198 valence electrons. The first kappa shape index (κ1) is 26.6. The van der Waals surface area contributed by atoms with Gasteiger partial charge in [0.15, 0.2) is 17.3 Å². The number of nitrogens with zero attached hydrogens (tertiary/aromatic N) is 2. The molecule has 1 spiro atoms. The lowest BCUT2D eigenvalue weighted by Gasteiger charge is -2.47. The van der Waals surface area contributed by atoms with Crippen LogP contribution in [-0.4, -0.2) is 50.7 Å². The fourth-order valence-corrected chi connectivity index (χ4v) is 9.48. The molecule has 0 amide bonds. The smallest absolute Gasteiger partial charge is 0.320 e. The van der Waals surface area contributed by atoms with Gasteiger partial charge < -0.3 is 4.74 Å². The number of fused-ring (bicyclic) bond motifs is 3.